The molecule has 0 radical (unpaired) electrons. The van der Waals surface area contributed by atoms with Crippen molar-refractivity contribution in [3.8, 4) is 0 Å². The smallest absolute Gasteiger partial charge is 0.317 e. The summed E-state index contributed by atoms with van der Waals surface area (Å²) in [6.07, 6.45) is 2.76. The summed E-state index contributed by atoms with van der Waals surface area (Å²) in [5, 5.41) is 4.75. The first-order valence-corrected chi connectivity index (χ1v) is 9.66. The molecule has 0 bridgehead atoms. The van der Waals surface area contributed by atoms with Crippen molar-refractivity contribution in [1.82, 2.24) is 5.32 Å². The van der Waals surface area contributed by atoms with Gasteiger partial charge in [-0.15, -0.1) is 11.3 Å². The second-order valence-corrected chi connectivity index (χ2v) is 7.63. The van der Waals surface area contributed by atoms with Gasteiger partial charge in [-0.05, 0) is 37.3 Å². The number of esters is 1. The van der Waals surface area contributed by atoms with Crippen LogP contribution < -0.4 is 5.32 Å². The van der Waals surface area contributed by atoms with E-state index in [2.05, 4.69) is 5.32 Å². The lowest BCUT2D eigenvalue weighted by Crippen LogP contribution is -2.38. The van der Waals surface area contributed by atoms with E-state index in [1.165, 1.54) is 6.07 Å². The zero-order chi connectivity index (χ0) is 18.6. The second-order valence-electron chi connectivity index (χ2n) is 6.65. The molecule has 0 saturated heterocycles. The molecule has 3 rings (SSSR count). The van der Waals surface area contributed by atoms with Crippen LogP contribution in [0.3, 0.4) is 0 Å². The van der Waals surface area contributed by atoms with E-state index in [1.807, 2.05) is 24.4 Å². The van der Waals surface area contributed by atoms with Crippen LogP contribution in [0.25, 0.3) is 0 Å². The van der Waals surface area contributed by atoms with Crippen molar-refractivity contribution < 1.29 is 18.7 Å². The van der Waals surface area contributed by atoms with Crippen LogP contribution in [0, 0.1) is 5.82 Å². The van der Waals surface area contributed by atoms with E-state index in [0.29, 0.717) is 18.4 Å². The van der Waals surface area contributed by atoms with Crippen molar-refractivity contribution in [2.75, 3.05) is 6.61 Å². The van der Waals surface area contributed by atoms with Crippen LogP contribution in [0.15, 0.2) is 41.8 Å². The Hall–Kier alpha value is -2.21. The average molecular weight is 375 g/mol. The van der Waals surface area contributed by atoms with Gasteiger partial charge in [-0.3, -0.25) is 9.59 Å². The molecule has 0 aliphatic heterocycles. The van der Waals surface area contributed by atoms with Gasteiger partial charge in [0.2, 0.25) is 0 Å². The Labute approximate surface area is 156 Å². The molecule has 1 amide bonds. The van der Waals surface area contributed by atoms with Gasteiger partial charge in [0, 0.05) is 10.4 Å². The Bertz CT molecular complexity index is 769. The molecule has 1 aliphatic carbocycles. The van der Waals surface area contributed by atoms with Crippen LogP contribution in [-0.2, 0) is 19.7 Å². The molecule has 1 atom stereocenters. The van der Waals surface area contributed by atoms with Crippen molar-refractivity contribution >= 4 is 23.2 Å². The molecule has 1 aromatic carbocycles. The predicted molar refractivity (Wildman–Crippen MR) is 98.4 cm³/mol. The monoisotopic (exact) mass is 375 g/mol. The van der Waals surface area contributed by atoms with Gasteiger partial charge in [0.15, 0.2) is 6.61 Å². The van der Waals surface area contributed by atoms with E-state index < -0.39 is 17.2 Å². The van der Waals surface area contributed by atoms with Gasteiger partial charge in [-0.1, -0.05) is 37.1 Å². The SMILES string of the molecule is C[C@@H](NC(=O)COC(=O)C1(c2ccccc2F)CCCC1)c1cccs1. The van der Waals surface area contributed by atoms with Gasteiger partial charge in [-0.25, -0.2) is 4.39 Å². The van der Waals surface area contributed by atoms with Gasteiger partial charge >= 0.3 is 5.97 Å². The summed E-state index contributed by atoms with van der Waals surface area (Å²) in [5.74, 6) is -1.28. The number of benzene rings is 1. The summed E-state index contributed by atoms with van der Waals surface area (Å²) in [7, 11) is 0. The molecule has 6 heteroatoms. The fourth-order valence-corrected chi connectivity index (χ4v) is 4.31. The zero-order valence-electron chi connectivity index (χ0n) is 14.7. The number of carbonyl (C=O) groups excluding carboxylic acids is 2. The molecule has 1 aliphatic rings. The topological polar surface area (TPSA) is 55.4 Å². The van der Waals surface area contributed by atoms with Crippen LogP contribution in [0.4, 0.5) is 4.39 Å². The Morgan fingerprint density at radius 2 is 1.96 bits per heavy atom. The molecule has 0 unspecified atom stereocenters. The van der Waals surface area contributed by atoms with Crippen molar-refractivity contribution in [3.05, 3.63) is 58.0 Å². The molecule has 4 nitrogen and oxygen atoms in total. The highest BCUT2D eigenvalue weighted by molar-refractivity contribution is 7.10. The van der Waals surface area contributed by atoms with Crippen LogP contribution in [0.5, 0.6) is 0 Å². The van der Waals surface area contributed by atoms with Gasteiger partial charge in [0.1, 0.15) is 5.82 Å². The van der Waals surface area contributed by atoms with Crippen molar-refractivity contribution in [3.63, 3.8) is 0 Å². The average Bonchev–Trinajstić information content (AvgIpc) is 3.32. The summed E-state index contributed by atoms with van der Waals surface area (Å²) in [5.41, 5.74) is -0.611. The number of hydrogen-bond acceptors (Lipinski definition) is 4. The van der Waals surface area contributed by atoms with Gasteiger partial charge in [-0.2, -0.15) is 0 Å². The maximum atomic E-state index is 14.3. The largest absolute Gasteiger partial charge is 0.455 e. The quantitative estimate of drug-likeness (QED) is 0.773. The number of thiophene rings is 1. The van der Waals surface area contributed by atoms with Crippen molar-refractivity contribution in [2.24, 2.45) is 0 Å². The number of hydrogen-bond donors (Lipinski definition) is 1. The molecule has 2 aromatic rings. The van der Waals surface area contributed by atoms with E-state index in [-0.39, 0.29) is 18.6 Å². The molecular formula is C20H22FNO3S. The second kappa shape index (κ2) is 7.99. The Balaban J connectivity index is 1.64. The van der Waals surface area contributed by atoms with E-state index in [4.69, 9.17) is 4.74 Å². The third-order valence-electron chi connectivity index (χ3n) is 4.92. The number of ether oxygens (including phenoxy) is 1. The maximum absolute atomic E-state index is 14.3. The molecule has 1 fully saturated rings. The Kier molecular flexibility index (Phi) is 5.71. The van der Waals surface area contributed by atoms with Crippen LogP contribution in [0.2, 0.25) is 0 Å². The molecule has 1 saturated carbocycles. The first-order valence-electron chi connectivity index (χ1n) is 8.78. The summed E-state index contributed by atoms with van der Waals surface area (Å²) >= 11 is 1.55. The third kappa shape index (κ3) is 3.80. The first kappa shape index (κ1) is 18.6. The minimum absolute atomic E-state index is 0.145. The highest BCUT2D eigenvalue weighted by atomic mass is 32.1. The van der Waals surface area contributed by atoms with E-state index in [1.54, 1.807) is 29.5 Å². The maximum Gasteiger partial charge on any atom is 0.317 e. The van der Waals surface area contributed by atoms with E-state index >= 15 is 0 Å². The van der Waals surface area contributed by atoms with Crippen LogP contribution in [0.1, 0.15) is 49.1 Å². The highest BCUT2D eigenvalue weighted by Gasteiger charge is 2.45. The normalized spacial score (nSPS) is 16.8. The van der Waals surface area contributed by atoms with E-state index in [9.17, 15) is 14.0 Å². The molecule has 26 heavy (non-hydrogen) atoms. The third-order valence-corrected chi connectivity index (χ3v) is 5.97. The molecular weight excluding hydrogens is 353 g/mol. The molecule has 0 spiro atoms. The Morgan fingerprint density at radius 1 is 1.23 bits per heavy atom. The number of carbonyl (C=O) groups is 2. The molecule has 1 heterocycles. The lowest BCUT2D eigenvalue weighted by Gasteiger charge is -2.27. The highest BCUT2D eigenvalue weighted by Crippen LogP contribution is 2.43. The number of nitrogens with one attached hydrogen (secondary N) is 1. The molecule has 1 N–H and O–H groups in total. The van der Waals surface area contributed by atoms with Gasteiger partial charge in [0.25, 0.3) is 5.91 Å². The van der Waals surface area contributed by atoms with Gasteiger partial charge < -0.3 is 10.1 Å². The summed E-state index contributed by atoms with van der Waals surface area (Å²) in [4.78, 5) is 25.9. The molecule has 1 aromatic heterocycles. The zero-order valence-corrected chi connectivity index (χ0v) is 15.5. The fraction of sp³-hybridized carbons (Fsp3) is 0.400. The lowest BCUT2D eigenvalue weighted by molar-refractivity contribution is -0.154. The van der Waals surface area contributed by atoms with Crippen molar-refractivity contribution in [2.45, 2.75) is 44.1 Å². The standard InChI is InChI=1S/C20H22FNO3S/c1-14(17-9-6-12-26-17)22-18(23)13-25-19(24)20(10-4-5-11-20)15-7-2-3-8-16(15)21/h2-3,6-9,12,14H,4-5,10-11,13H2,1H3,(H,22,23)/t14-/m1/s1. The number of rotatable bonds is 6. The predicted octanol–water partition coefficient (Wildman–Crippen LogP) is 4.12. The van der Waals surface area contributed by atoms with Gasteiger partial charge in [0.05, 0.1) is 11.5 Å². The minimum Gasteiger partial charge on any atom is -0.455 e. The molecule has 138 valence electrons. The van der Waals surface area contributed by atoms with E-state index in [0.717, 1.165) is 17.7 Å². The lowest BCUT2D eigenvalue weighted by atomic mass is 9.78. The van der Waals surface area contributed by atoms with Crippen LogP contribution in [-0.4, -0.2) is 18.5 Å². The van der Waals surface area contributed by atoms with Crippen molar-refractivity contribution in [1.29, 1.82) is 0 Å². The number of amides is 1. The summed E-state index contributed by atoms with van der Waals surface area (Å²) in [6, 6.07) is 10.0. The first-order chi connectivity index (χ1) is 12.5. The summed E-state index contributed by atoms with van der Waals surface area (Å²) < 4.78 is 19.6. The minimum atomic E-state index is -0.981. The Morgan fingerprint density at radius 3 is 2.62 bits per heavy atom. The number of halogens is 1. The summed E-state index contributed by atoms with van der Waals surface area (Å²) in [6.45, 7) is 1.52. The van der Waals surface area contributed by atoms with Crippen LogP contribution >= 0.6 is 11.3 Å². The fourth-order valence-electron chi connectivity index (χ4n) is 3.57.